The third-order valence-electron chi connectivity index (χ3n) is 3.91. The molecule has 1 aliphatic rings. The van der Waals surface area contributed by atoms with Gasteiger partial charge in [-0.25, -0.2) is 0 Å². The van der Waals surface area contributed by atoms with E-state index in [9.17, 15) is 0 Å². The van der Waals surface area contributed by atoms with Crippen molar-refractivity contribution in [3.8, 4) is 5.75 Å². The van der Waals surface area contributed by atoms with Gasteiger partial charge in [0.25, 0.3) is 0 Å². The molecule has 2 nitrogen and oxygen atoms in total. The fourth-order valence-corrected chi connectivity index (χ4v) is 2.56. The van der Waals surface area contributed by atoms with Gasteiger partial charge in [0.1, 0.15) is 11.9 Å². The van der Waals surface area contributed by atoms with E-state index in [1.54, 1.807) is 0 Å². The first-order chi connectivity index (χ1) is 8.20. The third-order valence-corrected chi connectivity index (χ3v) is 3.91. The summed E-state index contributed by atoms with van der Waals surface area (Å²) in [6, 6.07) is 6.34. The summed E-state index contributed by atoms with van der Waals surface area (Å²) < 4.78 is 6.11. The van der Waals surface area contributed by atoms with E-state index >= 15 is 0 Å². The maximum Gasteiger partial charge on any atom is 0.120 e. The molecule has 0 spiro atoms. The number of ether oxygens (including phenoxy) is 1. The molecular formula is C15H23NO. The molecule has 2 unspecified atom stereocenters. The molecule has 2 atom stereocenters. The van der Waals surface area contributed by atoms with Crippen molar-refractivity contribution in [2.24, 2.45) is 11.7 Å². The molecule has 0 aliphatic heterocycles. The summed E-state index contributed by atoms with van der Waals surface area (Å²) in [6.45, 7) is 5.00. The Morgan fingerprint density at radius 3 is 2.65 bits per heavy atom. The molecule has 1 aliphatic carbocycles. The van der Waals surface area contributed by atoms with E-state index in [4.69, 9.17) is 10.5 Å². The topological polar surface area (TPSA) is 35.2 Å². The fraction of sp³-hybridized carbons (Fsp3) is 0.600. The van der Waals surface area contributed by atoms with Crippen LogP contribution in [0.2, 0.25) is 0 Å². The highest BCUT2D eigenvalue weighted by Gasteiger charge is 2.25. The summed E-state index contributed by atoms with van der Waals surface area (Å²) in [5, 5.41) is 0. The molecule has 0 saturated heterocycles. The molecule has 94 valence electrons. The second-order valence-corrected chi connectivity index (χ2v) is 5.18. The van der Waals surface area contributed by atoms with Crippen molar-refractivity contribution in [3.05, 3.63) is 29.3 Å². The number of nitrogens with two attached hydrogens (primary N) is 1. The van der Waals surface area contributed by atoms with Gasteiger partial charge in [-0.15, -0.1) is 0 Å². The predicted octanol–water partition coefficient (Wildman–Crippen LogP) is 3.20. The maximum atomic E-state index is 6.11. The lowest BCUT2D eigenvalue weighted by molar-refractivity contribution is 0.0969. The SMILES string of the molecule is Cc1ccc(OC2CCCCC2CN)cc1C. The molecule has 1 aromatic carbocycles. The molecule has 0 amide bonds. The van der Waals surface area contributed by atoms with Crippen LogP contribution in [0.5, 0.6) is 5.75 Å². The van der Waals surface area contributed by atoms with E-state index in [1.165, 1.54) is 30.4 Å². The first-order valence-electron chi connectivity index (χ1n) is 6.64. The van der Waals surface area contributed by atoms with E-state index in [0.29, 0.717) is 12.0 Å². The van der Waals surface area contributed by atoms with Gasteiger partial charge in [0.2, 0.25) is 0 Å². The molecule has 0 radical (unpaired) electrons. The molecular weight excluding hydrogens is 210 g/mol. The molecule has 0 aromatic heterocycles. The molecule has 2 N–H and O–H groups in total. The highest BCUT2D eigenvalue weighted by molar-refractivity contribution is 5.34. The first kappa shape index (κ1) is 12.4. The molecule has 17 heavy (non-hydrogen) atoms. The van der Waals surface area contributed by atoms with Crippen molar-refractivity contribution >= 4 is 0 Å². The summed E-state index contributed by atoms with van der Waals surface area (Å²) in [5.74, 6) is 1.53. The summed E-state index contributed by atoms with van der Waals surface area (Å²) in [5.41, 5.74) is 8.43. The Balaban J connectivity index is 2.05. The van der Waals surface area contributed by atoms with Crippen molar-refractivity contribution in [2.45, 2.75) is 45.6 Å². The Hall–Kier alpha value is -1.02. The van der Waals surface area contributed by atoms with Gasteiger partial charge in [0.05, 0.1) is 0 Å². The minimum Gasteiger partial charge on any atom is -0.490 e. The second kappa shape index (κ2) is 5.54. The van der Waals surface area contributed by atoms with Crippen LogP contribution in [0.15, 0.2) is 18.2 Å². The molecule has 1 saturated carbocycles. The van der Waals surface area contributed by atoms with Crippen LogP contribution in [0.25, 0.3) is 0 Å². The normalized spacial score (nSPS) is 24.6. The molecule has 1 aromatic rings. The van der Waals surface area contributed by atoms with Crippen LogP contribution in [-0.4, -0.2) is 12.6 Å². The van der Waals surface area contributed by atoms with Crippen LogP contribution < -0.4 is 10.5 Å². The highest BCUT2D eigenvalue weighted by atomic mass is 16.5. The summed E-state index contributed by atoms with van der Waals surface area (Å²) >= 11 is 0. The molecule has 0 heterocycles. The van der Waals surface area contributed by atoms with Gasteiger partial charge in [-0.1, -0.05) is 12.5 Å². The lowest BCUT2D eigenvalue weighted by Gasteiger charge is -2.31. The zero-order valence-corrected chi connectivity index (χ0v) is 10.9. The lowest BCUT2D eigenvalue weighted by atomic mass is 9.86. The molecule has 2 rings (SSSR count). The average molecular weight is 233 g/mol. The van der Waals surface area contributed by atoms with Gasteiger partial charge in [-0.2, -0.15) is 0 Å². The van der Waals surface area contributed by atoms with Gasteiger partial charge in [0, 0.05) is 5.92 Å². The lowest BCUT2D eigenvalue weighted by Crippen LogP contribution is -2.35. The van der Waals surface area contributed by atoms with Gasteiger partial charge in [-0.05, 0) is 62.9 Å². The number of hydrogen-bond donors (Lipinski definition) is 1. The van der Waals surface area contributed by atoms with Crippen LogP contribution in [-0.2, 0) is 0 Å². The average Bonchev–Trinajstić information content (AvgIpc) is 2.34. The van der Waals surface area contributed by atoms with E-state index < -0.39 is 0 Å². The van der Waals surface area contributed by atoms with Crippen LogP contribution in [0.1, 0.15) is 36.8 Å². The van der Waals surface area contributed by atoms with Crippen molar-refractivity contribution in [1.29, 1.82) is 0 Å². The Morgan fingerprint density at radius 1 is 1.18 bits per heavy atom. The van der Waals surface area contributed by atoms with Crippen molar-refractivity contribution in [3.63, 3.8) is 0 Å². The predicted molar refractivity (Wildman–Crippen MR) is 71.3 cm³/mol. The highest BCUT2D eigenvalue weighted by Crippen LogP contribution is 2.28. The summed E-state index contributed by atoms with van der Waals surface area (Å²) in [4.78, 5) is 0. The Bertz CT molecular complexity index is 375. The number of rotatable bonds is 3. The van der Waals surface area contributed by atoms with Crippen molar-refractivity contribution < 1.29 is 4.74 Å². The second-order valence-electron chi connectivity index (χ2n) is 5.18. The zero-order valence-electron chi connectivity index (χ0n) is 10.9. The fourth-order valence-electron chi connectivity index (χ4n) is 2.56. The van der Waals surface area contributed by atoms with Crippen molar-refractivity contribution in [1.82, 2.24) is 0 Å². The largest absolute Gasteiger partial charge is 0.490 e. The maximum absolute atomic E-state index is 6.11. The number of hydrogen-bond acceptors (Lipinski definition) is 2. The molecule has 2 heteroatoms. The number of aryl methyl sites for hydroxylation is 2. The number of benzene rings is 1. The molecule has 1 fully saturated rings. The first-order valence-corrected chi connectivity index (χ1v) is 6.64. The van der Waals surface area contributed by atoms with Gasteiger partial charge < -0.3 is 10.5 Å². The summed E-state index contributed by atoms with van der Waals surface area (Å²) in [6.07, 6.45) is 5.25. The van der Waals surface area contributed by atoms with E-state index in [-0.39, 0.29) is 0 Å². The van der Waals surface area contributed by atoms with Crippen LogP contribution in [0, 0.1) is 19.8 Å². The Morgan fingerprint density at radius 2 is 1.94 bits per heavy atom. The van der Waals surface area contributed by atoms with Crippen LogP contribution in [0.3, 0.4) is 0 Å². The quantitative estimate of drug-likeness (QED) is 0.870. The minimum atomic E-state index is 0.316. The van der Waals surface area contributed by atoms with Gasteiger partial charge in [-0.3, -0.25) is 0 Å². The Labute approximate surface area is 104 Å². The third kappa shape index (κ3) is 3.01. The van der Waals surface area contributed by atoms with Gasteiger partial charge in [0.15, 0.2) is 0 Å². The summed E-state index contributed by atoms with van der Waals surface area (Å²) in [7, 11) is 0. The van der Waals surface area contributed by atoms with Gasteiger partial charge >= 0.3 is 0 Å². The smallest absolute Gasteiger partial charge is 0.120 e. The standard InChI is InChI=1S/C15H23NO/c1-11-7-8-14(9-12(11)2)17-15-6-4-3-5-13(15)10-16/h7-9,13,15H,3-6,10,16H2,1-2H3. The Kier molecular flexibility index (Phi) is 4.06. The monoisotopic (exact) mass is 233 g/mol. The zero-order chi connectivity index (χ0) is 12.3. The van der Waals surface area contributed by atoms with Crippen LogP contribution >= 0.6 is 0 Å². The molecule has 0 bridgehead atoms. The van der Waals surface area contributed by atoms with E-state index in [0.717, 1.165) is 18.7 Å². The van der Waals surface area contributed by atoms with E-state index in [1.807, 2.05) is 0 Å². The van der Waals surface area contributed by atoms with Crippen LogP contribution in [0.4, 0.5) is 0 Å². The van der Waals surface area contributed by atoms with E-state index in [2.05, 4.69) is 32.0 Å². The minimum absolute atomic E-state index is 0.316. The van der Waals surface area contributed by atoms with Crippen molar-refractivity contribution in [2.75, 3.05) is 6.54 Å².